The van der Waals surface area contributed by atoms with Crippen molar-refractivity contribution in [3.8, 4) is 0 Å². The van der Waals surface area contributed by atoms with Crippen LogP contribution in [0.1, 0.15) is 50.7 Å². The van der Waals surface area contributed by atoms with Crippen molar-refractivity contribution < 1.29 is 13.2 Å². The first-order valence-corrected chi connectivity index (χ1v) is 8.07. The fourth-order valence-electron chi connectivity index (χ4n) is 2.92. The van der Waals surface area contributed by atoms with Crippen molar-refractivity contribution in [2.24, 2.45) is 0 Å². The molecule has 0 amide bonds. The van der Waals surface area contributed by atoms with Gasteiger partial charge < -0.3 is 4.90 Å². The van der Waals surface area contributed by atoms with Gasteiger partial charge >= 0.3 is 6.18 Å². The van der Waals surface area contributed by atoms with Gasteiger partial charge in [0.2, 0.25) is 0 Å². The minimum atomic E-state index is -4.28. The van der Waals surface area contributed by atoms with Crippen LogP contribution in [0.5, 0.6) is 0 Å². The predicted molar refractivity (Wildman–Crippen MR) is 83.3 cm³/mol. The van der Waals surface area contributed by atoms with Crippen LogP contribution in [-0.4, -0.2) is 46.0 Å². The number of nitrogens with zero attached hydrogens (tertiary/aromatic N) is 4. The zero-order valence-electron chi connectivity index (χ0n) is 14.0. The molecule has 0 bridgehead atoms. The van der Waals surface area contributed by atoms with Crippen molar-refractivity contribution in [3.63, 3.8) is 0 Å². The van der Waals surface area contributed by atoms with Gasteiger partial charge in [0.1, 0.15) is 12.4 Å². The first-order chi connectivity index (χ1) is 10.7. The summed E-state index contributed by atoms with van der Waals surface area (Å²) in [5.41, 5.74) is 1.15. The molecular formula is C16H25F3N4. The van der Waals surface area contributed by atoms with E-state index in [4.69, 9.17) is 0 Å². The smallest absolute Gasteiger partial charge is 0.306 e. The normalized spacial score (nSPS) is 19.8. The van der Waals surface area contributed by atoms with Gasteiger partial charge in [0.15, 0.2) is 5.82 Å². The maximum absolute atomic E-state index is 12.8. The number of allylic oxidation sites excluding steroid dienone is 2. The summed E-state index contributed by atoms with van der Waals surface area (Å²) in [5, 5.41) is 4.19. The third-order valence-electron chi connectivity index (χ3n) is 4.00. The number of likely N-dealkylation sites (N-methyl/N-ethyl adjacent to an activating group) is 1. The summed E-state index contributed by atoms with van der Waals surface area (Å²) < 4.78 is 39.4. The van der Waals surface area contributed by atoms with Crippen LogP contribution in [0.15, 0.2) is 11.6 Å². The Morgan fingerprint density at radius 3 is 2.70 bits per heavy atom. The maximum atomic E-state index is 12.8. The zero-order valence-corrected chi connectivity index (χ0v) is 14.0. The van der Waals surface area contributed by atoms with Gasteiger partial charge in [-0.2, -0.15) is 18.3 Å². The lowest BCUT2D eigenvalue weighted by atomic mass is 9.98. The van der Waals surface area contributed by atoms with Gasteiger partial charge in [-0.15, -0.1) is 0 Å². The van der Waals surface area contributed by atoms with Crippen LogP contribution >= 0.6 is 0 Å². The largest absolute Gasteiger partial charge is 0.408 e. The summed E-state index contributed by atoms with van der Waals surface area (Å²) >= 11 is 0. The highest BCUT2D eigenvalue weighted by atomic mass is 19.4. The molecule has 4 nitrogen and oxygen atoms in total. The summed E-state index contributed by atoms with van der Waals surface area (Å²) in [6, 6.07) is 0. The molecular weight excluding hydrogens is 305 g/mol. The molecule has 2 heterocycles. The number of likely N-dealkylation sites (tertiary alicyclic amines) is 1. The summed E-state index contributed by atoms with van der Waals surface area (Å²) in [6.45, 7) is 4.72. The van der Waals surface area contributed by atoms with Crippen molar-refractivity contribution in [1.82, 2.24) is 19.7 Å². The van der Waals surface area contributed by atoms with Gasteiger partial charge in [-0.25, -0.2) is 9.67 Å². The average molecular weight is 330 g/mol. The molecule has 0 aliphatic carbocycles. The van der Waals surface area contributed by atoms with Gasteiger partial charge in [0.05, 0.1) is 0 Å². The Morgan fingerprint density at radius 2 is 2.09 bits per heavy atom. The maximum Gasteiger partial charge on any atom is 0.408 e. The Labute approximate surface area is 135 Å². The molecule has 1 atom stereocenters. The molecule has 2 rings (SSSR count). The molecule has 0 aromatic carbocycles. The fourth-order valence-corrected chi connectivity index (χ4v) is 2.92. The van der Waals surface area contributed by atoms with E-state index >= 15 is 0 Å². The molecule has 1 aromatic rings. The second kappa shape index (κ2) is 7.47. The molecule has 1 unspecified atom stereocenters. The van der Waals surface area contributed by atoms with Gasteiger partial charge in [-0.3, -0.25) is 0 Å². The van der Waals surface area contributed by atoms with E-state index in [1.54, 1.807) is 0 Å². The highest BCUT2D eigenvalue weighted by Gasteiger charge is 2.31. The number of aryl methyl sites for hydroxylation is 1. The van der Waals surface area contributed by atoms with Crippen LogP contribution in [0.4, 0.5) is 13.2 Å². The van der Waals surface area contributed by atoms with E-state index in [0.717, 1.165) is 36.2 Å². The van der Waals surface area contributed by atoms with Gasteiger partial charge in [-0.05, 0) is 46.7 Å². The van der Waals surface area contributed by atoms with Crippen molar-refractivity contribution >= 4 is 0 Å². The Hall–Kier alpha value is -1.37. The highest BCUT2D eigenvalue weighted by molar-refractivity contribution is 5.04. The number of piperidine rings is 1. The third kappa shape index (κ3) is 5.64. The van der Waals surface area contributed by atoms with Crippen LogP contribution in [-0.2, 0) is 13.0 Å². The number of aromatic nitrogens is 3. The van der Waals surface area contributed by atoms with Crippen LogP contribution in [0.25, 0.3) is 0 Å². The third-order valence-corrected chi connectivity index (χ3v) is 4.00. The molecule has 0 N–H and O–H groups in total. The van der Waals surface area contributed by atoms with E-state index in [-0.39, 0.29) is 5.92 Å². The Morgan fingerprint density at radius 1 is 1.35 bits per heavy atom. The predicted octanol–water partition coefficient (Wildman–Crippen LogP) is 3.55. The molecule has 0 saturated carbocycles. The van der Waals surface area contributed by atoms with E-state index in [1.807, 2.05) is 27.0 Å². The number of halogens is 3. The highest BCUT2D eigenvalue weighted by Crippen LogP contribution is 2.25. The minimum absolute atomic E-state index is 0.130. The first-order valence-electron chi connectivity index (χ1n) is 8.07. The lowest BCUT2D eigenvalue weighted by Gasteiger charge is -2.27. The Bertz CT molecular complexity index is 544. The fraction of sp³-hybridized carbons (Fsp3) is 0.750. The second-order valence-corrected chi connectivity index (χ2v) is 6.58. The Kier molecular flexibility index (Phi) is 5.84. The van der Waals surface area contributed by atoms with Gasteiger partial charge in [0, 0.05) is 18.9 Å². The van der Waals surface area contributed by atoms with Crippen molar-refractivity contribution in [2.45, 2.75) is 58.2 Å². The number of hydrogen-bond acceptors (Lipinski definition) is 3. The number of alkyl halides is 3. The second-order valence-electron chi connectivity index (χ2n) is 6.58. The molecule has 1 aliphatic rings. The van der Waals surface area contributed by atoms with E-state index in [2.05, 4.69) is 15.0 Å². The van der Waals surface area contributed by atoms with Crippen molar-refractivity contribution in [1.29, 1.82) is 0 Å². The topological polar surface area (TPSA) is 34.0 Å². The van der Waals surface area contributed by atoms with Crippen LogP contribution in [0.3, 0.4) is 0 Å². The van der Waals surface area contributed by atoms with E-state index in [0.29, 0.717) is 24.5 Å². The number of rotatable bonds is 5. The minimum Gasteiger partial charge on any atom is -0.306 e. The molecule has 23 heavy (non-hydrogen) atoms. The van der Waals surface area contributed by atoms with Crippen molar-refractivity contribution in [3.05, 3.63) is 23.3 Å². The van der Waals surface area contributed by atoms with E-state index < -0.39 is 12.7 Å². The van der Waals surface area contributed by atoms with Crippen molar-refractivity contribution in [2.75, 3.05) is 20.1 Å². The SMILES string of the molecule is CC(C)=CCCc1nc(C2CCCN(C)C2)nn1CC(F)(F)F. The first kappa shape index (κ1) is 18.0. The molecule has 1 fully saturated rings. The van der Waals surface area contributed by atoms with Crippen LogP contribution in [0.2, 0.25) is 0 Å². The Balaban J connectivity index is 2.18. The van der Waals surface area contributed by atoms with Crippen LogP contribution < -0.4 is 0 Å². The molecule has 1 aromatic heterocycles. The quantitative estimate of drug-likeness (QED) is 0.774. The lowest BCUT2D eigenvalue weighted by Crippen LogP contribution is -2.31. The van der Waals surface area contributed by atoms with E-state index in [9.17, 15) is 13.2 Å². The lowest BCUT2D eigenvalue weighted by molar-refractivity contribution is -0.143. The standard InChI is InChI=1S/C16H25F3N4/c1-12(2)6-4-8-14-20-15(13-7-5-9-22(3)10-13)21-23(14)11-16(17,18)19/h6,13H,4-5,7-11H2,1-3H3. The molecule has 7 heteroatoms. The monoisotopic (exact) mass is 330 g/mol. The molecule has 0 spiro atoms. The molecule has 1 aliphatic heterocycles. The van der Waals surface area contributed by atoms with Gasteiger partial charge in [0.25, 0.3) is 0 Å². The summed E-state index contributed by atoms with van der Waals surface area (Å²) in [7, 11) is 2.02. The zero-order chi connectivity index (χ0) is 17.0. The number of hydrogen-bond donors (Lipinski definition) is 0. The van der Waals surface area contributed by atoms with E-state index in [1.165, 1.54) is 0 Å². The summed E-state index contributed by atoms with van der Waals surface area (Å²) in [4.78, 5) is 6.63. The molecule has 0 radical (unpaired) electrons. The summed E-state index contributed by atoms with van der Waals surface area (Å²) in [5.74, 6) is 1.13. The van der Waals surface area contributed by atoms with Gasteiger partial charge in [-0.1, -0.05) is 11.6 Å². The summed E-state index contributed by atoms with van der Waals surface area (Å²) in [6.07, 6.45) is 0.871. The molecule has 130 valence electrons. The van der Waals surface area contributed by atoms with Crippen LogP contribution in [0, 0.1) is 0 Å². The average Bonchev–Trinajstić information content (AvgIpc) is 2.79. The molecule has 1 saturated heterocycles.